The highest BCUT2D eigenvalue weighted by Crippen LogP contribution is 2.23. The standard InChI is InChI=1S/C12H10Br2FN3S/c1-7-6-19-12(17-7)18-16-5-8-2-3-10(14)11(15)9(8)4-13/h2-3,5-6H,4H2,1H3,(H,17,18). The van der Waals surface area contributed by atoms with Crippen molar-refractivity contribution in [1.82, 2.24) is 4.98 Å². The number of rotatable bonds is 4. The molecule has 0 aliphatic rings. The fourth-order valence-electron chi connectivity index (χ4n) is 1.43. The summed E-state index contributed by atoms with van der Waals surface area (Å²) in [7, 11) is 0. The Bertz CT molecular complexity index is 613. The summed E-state index contributed by atoms with van der Waals surface area (Å²) >= 11 is 7.92. The number of anilines is 1. The van der Waals surface area contributed by atoms with E-state index in [0.29, 0.717) is 20.5 Å². The molecule has 0 aliphatic heterocycles. The third-order valence-corrected chi connectivity index (χ3v) is 4.39. The van der Waals surface area contributed by atoms with Crippen molar-refractivity contribution in [2.75, 3.05) is 5.43 Å². The van der Waals surface area contributed by atoms with Gasteiger partial charge in [0.05, 0.1) is 16.4 Å². The van der Waals surface area contributed by atoms with Crippen LogP contribution in [0, 0.1) is 12.7 Å². The van der Waals surface area contributed by atoms with Crippen molar-refractivity contribution < 1.29 is 4.39 Å². The third kappa shape index (κ3) is 3.61. The molecule has 0 saturated carbocycles. The molecule has 100 valence electrons. The number of nitrogens with one attached hydrogen (secondary N) is 1. The minimum absolute atomic E-state index is 0.272. The van der Waals surface area contributed by atoms with Gasteiger partial charge in [-0.1, -0.05) is 22.0 Å². The summed E-state index contributed by atoms with van der Waals surface area (Å²) in [6, 6.07) is 3.47. The normalized spacial score (nSPS) is 11.2. The van der Waals surface area contributed by atoms with Crippen LogP contribution in [0.15, 0.2) is 27.1 Å². The summed E-state index contributed by atoms with van der Waals surface area (Å²) in [5, 5.41) is 7.15. The lowest BCUT2D eigenvalue weighted by Crippen LogP contribution is -1.97. The van der Waals surface area contributed by atoms with E-state index in [0.717, 1.165) is 11.3 Å². The van der Waals surface area contributed by atoms with Gasteiger partial charge < -0.3 is 0 Å². The Hall–Kier alpha value is -0.790. The van der Waals surface area contributed by atoms with Gasteiger partial charge in [-0.3, -0.25) is 5.43 Å². The van der Waals surface area contributed by atoms with Crippen molar-refractivity contribution in [3.05, 3.63) is 44.6 Å². The quantitative estimate of drug-likeness (QED) is 0.454. The SMILES string of the molecule is Cc1csc(NN=Cc2ccc(Br)c(F)c2CBr)n1. The molecule has 2 aromatic rings. The average Bonchev–Trinajstić information content (AvgIpc) is 2.80. The van der Waals surface area contributed by atoms with Crippen LogP contribution < -0.4 is 5.43 Å². The smallest absolute Gasteiger partial charge is 0.203 e. The van der Waals surface area contributed by atoms with Crippen LogP contribution in [0.1, 0.15) is 16.8 Å². The molecule has 0 atom stereocenters. The molecule has 0 unspecified atom stereocenters. The van der Waals surface area contributed by atoms with Gasteiger partial charge in [0.15, 0.2) is 0 Å². The molecule has 19 heavy (non-hydrogen) atoms. The lowest BCUT2D eigenvalue weighted by atomic mass is 10.1. The predicted octanol–water partition coefficient (Wildman–Crippen LogP) is 4.69. The molecule has 3 nitrogen and oxygen atoms in total. The van der Waals surface area contributed by atoms with Gasteiger partial charge in [0.2, 0.25) is 5.13 Å². The molecular formula is C12H10Br2FN3S. The fourth-order valence-corrected chi connectivity index (χ4v) is 3.01. The fraction of sp³-hybridized carbons (Fsp3) is 0.167. The molecule has 0 radical (unpaired) electrons. The van der Waals surface area contributed by atoms with E-state index in [9.17, 15) is 4.39 Å². The van der Waals surface area contributed by atoms with E-state index in [1.165, 1.54) is 11.3 Å². The van der Waals surface area contributed by atoms with Gasteiger partial charge >= 0.3 is 0 Å². The van der Waals surface area contributed by atoms with Crippen molar-refractivity contribution in [3.8, 4) is 0 Å². The van der Waals surface area contributed by atoms with Gasteiger partial charge in [-0.25, -0.2) is 9.37 Å². The van der Waals surface area contributed by atoms with Gasteiger partial charge in [0, 0.05) is 21.8 Å². The Kier molecular flexibility index (Phi) is 5.06. The lowest BCUT2D eigenvalue weighted by Gasteiger charge is -2.05. The monoisotopic (exact) mass is 405 g/mol. The number of hydrogen-bond acceptors (Lipinski definition) is 4. The van der Waals surface area contributed by atoms with E-state index in [4.69, 9.17) is 0 Å². The van der Waals surface area contributed by atoms with Crippen molar-refractivity contribution >= 4 is 54.5 Å². The Morgan fingerprint density at radius 1 is 1.53 bits per heavy atom. The van der Waals surface area contributed by atoms with E-state index >= 15 is 0 Å². The number of nitrogens with zero attached hydrogens (tertiary/aromatic N) is 2. The second-order valence-corrected chi connectivity index (χ2v) is 6.00. The molecule has 1 aromatic carbocycles. The summed E-state index contributed by atoms with van der Waals surface area (Å²) in [5.41, 5.74) is 5.06. The Morgan fingerprint density at radius 3 is 2.95 bits per heavy atom. The number of hydrogen-bond donors (Lipinski definition) is 1. The molecule has 1 aromatic heterocycles. The van der Waals surface area contributed by atoms with Crippen molar-refractivity contribution in [2.24, 2.45) is 5.10 Å². The molecule has 1 N–H and O–H groups in total. The summed E-state index contributed by atoms with van der Waals surface area (Å²) in [6.07, 6.45) is 1.59. The van der Waals surface area contributed by atoms with E-state index in [1.807, 2.05) is 18.4 Å². The first-order valence-corrected chi connectivity index (χ1v) is 8.15. The molecule has 7 heteroatoms. The van der Waals surface area contributed by atoms with Gasteiger partial charge in [-0.15, -0.1) is 11.3 Å². The van der Waals surface area contributed by atoms with Gasteiger partial charge in [0.1, 0.15) is 5.82 Å². The number of halogens is 3. The van der Waals surface area contributed by atoms with Crippen LogP contribution in [-0.2, 0) is 5.33 Å². The molecule has 0 bridgehead atoms. The highest BCUT2D eigenvalue weighted by molar-refractivity contribution is 9.10. The van der Waals surface area contributed by atoms with Crippen molar-refractivity contribution in [3.63, 3.8) is 0 Å². The van der Waals surface area contributed by atoms with Crippen molar-refractivity contribution in [2.45, 2.75) is 12.3 Å². The molecule has 0 fully saturated rings. The topological polar surface area (TPSA) is 37.3 Å². The van der Waals surface area contributed by atoms with Crippen LogP contribution in [-0.4, -0.2) is 11.2 Å². The van der Waals surface area contributed by atoms with E-state index < -0.39 is 0 Å². The Balaban J connectivity index is 2.17. The molecule has 0 saturated heterocycles. The average molecular weight is 407 g/mol. The first kappa shape index (κ1) is 14.6. The summed E-state index contributed by atoms with van der Waals surface area (Å²) in [6.45, 7) is 1.92. The minimum atomic E-state index is -0.272. The van der Waals surface area contributed by atoms with Crippen LogP contribution in [0.3, 0.4) is 0 Å². The first-order valence-electron chi connectivity index (χ1n) is 5.36. The highest BCUT2D eigenvalue weighted by atomic mass is 79.9. The third-order valence-electron chi connectivity index (χ3n) is 2.35. The maximum absolute atomic E-state index is 13.8. The Labute approximate surface area is 131 Å². The lowest BCUT2D eigenvalue weighted by molar-refractivity contribution is 0.610. The predicted molar refractivity (Wildman–Crippen MR) is 84.8 cm³/mol. The van der Waals surface area contributed by atoms with E-state index in [2.05, 4.69) is 47.4 Å². The number of aryl methyl sites for hydroxylation is 1. The zero-order chi connectivity index (χ0) is 13.8. The number of thiazole rings is 1. The molecular weight excluding hydrogens is 397 g/mol. The number of aromatic nitrogens is 1. The van der Waals surface area contributed by atoms with E-state index in [-0.39, 0.29) is 5.82 Å². The minimum Gasteiger partial charge on any atom is -0.253 e. The van der Waals surface area contributed by atoms with Gasteiger partial charge in [-0.2, -0.15) is 5.10 Å². The highest BCUT2D eigenvalue weighted by Gasteiger charge is 2.09. The molecule has 2 rings (SSSR count). The second-order valence-electron chi connectivity index (χ2n) is 3.73. The largest absolute Gasteiger partial charge is 0.253 e. The second kappa shape index (κ2) is 6.58. The van der Waals surface area contributed by atoms with Crippen molar-refractivity contribution in [1.29, 1.82) is 0 Å². The first-order chi connectivity index (χ1) is 9.11. The van der Waals surface area contributed by atoms with E-state index in [1.54, 1.807) is 12.3 Å². The van der Waals surface area contributed by atoms with Crippen LogP contribution in [0.4, 0.5) is 9.52 Å². The Morgan fingerprint density at radius 2 is 2.32 bits per heavy atom. The number of alkyl halides is 1. The molecule has 0 amide bonds. The maximum atomic E-state index is 13.8. The summed E-state index contributed by atoms with van der Waals surface area (Å²) < 4.78 is 14.3. The maximum Gasteiger partial charge on any atom is 0.203 e. The zero-order valence-corrected chi connectivity index (χ0v) is 13.9. The van der Waals surface area contributed by atoms with Crippen LogP contribution >= 0.6 is 43.2 Å². The summed E-state index contributed by atoms with van der Waals surface area (Å²) in [5.74, 6) is -0.272. The molecule has 1 heterocycles. The van der Waals surface area contributed by atoms with Crippen LogP contribution in [0.2, 0.25) is 0 Å². The van der Waals surface area contributed by atoms with Gasteiger partial charge in [-0.05, 0) is 28.9 Å². The molecule has 0 aliphatic carbocycles. The number of benzene rings is 1. The van der Waals surface area contributed by atoms with Crippen LogP contribution in [0.5, 0.6) is 0 Å². The number of hydrazone groups is 1. The van der Waals surface area contributed by atoms with Crippen LogP contribution in [0.25, 0.3) is 0 Å². The zero-order valence-electron chi connectivity index (χ0n) is 9.95. The van der Waals surface area contributed by atoms with Gasteiger partial charge in [0.25, 0.3) is 0 Å². The summed E-state index contributed by atoms with van der Waals surface area (Å²) in [4.78, 5) is 4.22. The molecule has 0 spiro atoms.